The largest absolute Gasteiger partial charge is 0.339 e. The van der Waals surface area contributed by atoms with Crippen LogP contribution >= 0.6 is 0 Å². The average Bonchev–Trinajstić information content (AvgIpc) is 2.52. The van der Waals surface area contributed by atoms with Gasteiger partial charge in [0.05, 0.1) is 6.20 Å². The van der Waals surface area contributed by atoms with Crippen LogP contribution < -0.4 is 10.6 Å². The Morgan fingerprint density at radius 2 is 1.64 bits per heavy atom. The van der Waals surface area contributed by atoms with E-state index in [-0.39, 0.29) is 0 Å². The number of rotatable bonds is 4. The van der Waals surface area contributed by atoms with Crippen LogP contribution in [-0.2, 0) is 0 Å². The molecule has 0 saturated heterocycles. The first-order valence-electron chi connectivity index (χ1n) is 7.07. The van der Waals surface area contributed by atoms with E-state index >= 15 is 0 Å². The molecule has 0 unspecified atom stereocenters. The van der Waals surface area contributed by atoms with Gasteiger partial charge in [-0.05, 0) is 37.6 Å². The summed E-state index contributed by atoms with van der Waals surface area (Å²) in [6.07, 6.45) is 1.60. The van der Waals surface area contributed by atoms with Gasteiger partial charge in [-0.25, -0.2) is 0 Å². The van der Waals surface area contributed by atoms with E-state index in [1.165, 1.54) is 5.56 Å². The second-order valence-corrected chi connectivity index (χ2v) is 5.10. The summed E-state index contributed by atoms with van der Waals surface area (Å²) < 4.78 is 0. The predicted octanol–water partition coefficient (Wildman–Crippen LogP) is 3.98. The van der Waals surface area contributed by atoms with Crippen LogP contribution in [0.15, 0.2) is 54.7 Å². The monoisotopic (exact) mass is 291 g/mol. The molecule has 1 aromatic heterocycles. The van der Waals surface area contributed by atoms with E-state index in [4.69, 9.17) is 0 Å². The summed E-state index contributed by atoms with van der Waals surface area (Å²) >= 11 is 0. The quantitative estimate of drug-likeness (QED) is 0.761. The van der Waals surface area contributed by atoms with Crippen LogP contribution in [-0.4, -0.2) is 15.2 Å². The molecule has 5 nitrogen and oxygen atoms in total. The van der Waals surface area contributed by atoms with Gasteiger partial charge in [0, 0.05) is 11.4 Å². The number of anilines is 4. The number of aromatic nitrogens is 3. The van der Waals surface area contributed by atoms with Gasteiger partial charge in [-0.2, -0.15) is 10.1 Å². The van der Waals surface area contributed by atoms with Crippen LogP contribution in [0.2, 0.25) is 0 Å². The van der Waals surface area contributed by atoms with E-state index in [0.717, 1.165) is 16.9 Å². The molecule has 0 spiro atoms. The first-order valence-corrected chi connectivity index (χ1v) is 7.07. The molecule has 5 heteroatoms. The maximum Gasteiger partial charge on any atom is 0.249 e. The topological polar surface area (TPSA) is 62.7 Å². The summed E-state index contributed by atoms with van der Waals surface area (Å²) in [6, 6.07) is 16.1. The lowest BCUT2D eigenvalue weighted by atomic mass is 10.2. The van der Waals surface area contributed by atoms with Crippen LogP contribution in [0.4, 0.5) is 23.1 Å². The number of benzene rings is 2. The van der Waals surface area contributed by atoms with Crippen LogP contribution in [0.25, 0.3) is 0 Å². The van der Waals surface area contributed by atoms with Crippen molar-refractivity contribution in [2.45, 2.75) is 13.8 Å². The molecule has 3 rings (SSSR count). The Kier molecular flexibility index (Phi) is 3.96. The van der Waals surface area contributed by atoms with E-state index in [1.807, 2.05) is 55.5 Å². The summed E-state index contributed by atoms with van der Waals surface area (Å²) in [6.45, 7) is 4.09. The Balaban J connectivity index is 1.78. The number of nitrogens with zero attached hydrogens (tertiary/aromatic N) is 3. The van der Waals surface area contributed by atoms with E-state index in [2.05, 4.69) is 32.7 Å². The standard InChI is InChI=1S/C17H17N5/c1-12-7-9-14(10-8-12)19-17-21-16(11-18-22-17)20-15-6-4-3-5-13(15)2/h3-11H,1-2H3,(H2,19,20,21,22). The van der Waals surface area contributed by atoms with Gasteiger partial charge in [0.25, 0.3) is 0 Å². The third-order valence-corrected chi connectivity index (χ3v) is 3.27. The highest BCUT2D eigenvalue weighted by Crippen LogP contribution is 2.19. The normalized spacial score (nSPS) is 10.3. The summed E-state index contributed by atoms with van der Waals surface area (Å²) in [5.74, 6) is 1.11. The Hall–Kier alpha value is -2.95. The Labute approximate surface area is 129 Å². The highest BCUT2D eigenvalue weighted by atomic mass is 15.3. The molecule has 1 heterocycles. The molecule has 0 aliphatic heterocycles. The van der Waals surface area contributed by atoms with Gasteiger partial charge in [0.1, 0.15) is 0 Å². The molecular formula is C17H17N5. The smallest absolute Gasteiger partial charge is 0.249 e. The Morgan fingerprint density at radius 3 is 2.41 bits per heavy atom. The minimum absolute atomic E-state index is 0.461. The van der Waals surface area contributed by atoms with Gasteiger partial charge in [0.2, 0.25) is 5.95 Å². The van der Waals surface area contributed by atoms with Crippen molar-refractivity contribution in [2.75, 3.05) is 10.6 Å². The van der Waals surface area contributed by atoms with Crippen LogP contribution in [0.3, 0.4) is 0 Å². The van der Waals surface area contributed by atoms with E-state index < -0.39 is 0 Å². The number of nitrogens with one attached hydrogen (secondary N) is 2. The molecular weight excluding hydrogens is 274 g/mol. The van der Waals surface area contributed by atoms with Gasteiger partial charge in [-0.15, -0.1) is 5.10 Å². The van der Waals surface area contributed by atoms with Crippen molar-refractivity contribution in [3.05, 3.63) is 65.9 Å². The van der Waals surface area contributed by atoms with Crippen molar-refractivity contribution in [3.63, 3.8) is 0 Å². The first kappa shape index (κ1) is 14.0. The highest BCUT2D eigenvalue weighted by molar-refractivity contribution is 5.61. The molecule has 2 aromatic carbocycles. The van der Waals surface area contributed by atoms with Crippen molar-refractivity contribution < 1.29 is 0 Å². The van der Waals surface area contributed by atoms with E-state index in [0.29, 0.717) is 11.8 Å². The van der Waals surface area contributed by atoms with Crippen molar-refractivity contribution in [1.82, 2.24) is 15.2 Å². The lowest BCUT2D eigenvalue weighted by molar-refractivity contribution is 0.982. The van der Waals surface area contributed by atoms with Gasteiger partial charge >= 0.3 is 0 Å². The maximum absolute atomic E-state index is 4.43. The summed E-state index contributed by atoms with van der Waals surface area (Å²) in [5.41, 5.74) is 4.29. The third kappa shape index (κ3) is 3.38. The van der Waals surface area contributed by atoms with Crippen LogP contribution in [0.1, 0.15) is 11.1 Å². The molecule has 0 bridgehead atoms. The zero-order valence-corrected chi connectivity index (χ0v) is 12.5. The zero-order chi connectivity index (χ0) is 15.4. The number of para-hydroxylation sites is 1. The van der Waals surface area contributed by atoms with Gasteiger partial charge in [-0.3, -0.25) is 0 Å². The molecule has 110 valence electrons. The van der Waals surface area contributed by atoms with Gasteiger partial charge in [-0.1, -0.05) is 35.9 Å². The van der Waals surface area contributed by atoms with Crippen molar-refractivity contribution >= 4 is 23.1 Å². The van der Waals surface area contributed by atoms with Gasteiger partial charge in [0.15, 0.2) is 5.82 Å². The van der Waals surface area contributed by atoms with E-state index in [1.54, 1.807) is 6.20 Å². The van der Waals surface area contributed by atoms with Crippen molar-refractivity contribution in [3.8, 4) is 0 Å². The fourth-order valence-electron chi connectivity index (χ4n) is 2.03. The fourth-order valence-corrected chi connectivity index (χ4v) is 2.03. The molecule has 0 aliphatic carbocycles. The summed E-state index contributed by atoms with van der Waals surface area (Å²) in [7, 11) is 0. The van der Waals surface area contributed by atoms with E-state index in [9.17, 15) is 0 Å². The summed E-state index contributed by atoms with van der Waals surface area (Å²) in [5, 5.41) is 14.4. The molecule has 0 fully saturated rings. The number of hydrogen-bond acceptors (Lipinski definition) is 5. The number of aryl methyl sites for hydroxylation is 2. The lowest BCUT2D eigenvalue weighted by Crippen LogP contribution is -2.02. The molecule has 0 saturated carbocycles. The van der Waals surface area contributed by atoms with Crippen LogP contribution in [0, 0.1) is 13.8 Å². The zero-order valence-electron chi connectivity index (χ0n) is 12.5. The minimum atomic E-state index is 0.461. The lowest BCUT2D eigenvalue weighted by Gasteiger charge is -2.09. The summed E-state index contributed by atoms with van der Waals surface area (Å²) in [4.78, 5) is 4.43. The SMILES string of the molecule is Cc1ccc(Nc2nncc(Nc3ccccc3C)n2)cc1. The van der Waals surface area contributed by atoms with Crippen LogP contribution in [0.5, 0.6) is 0 Å². The molecule has 0 amide bonds. The molecule has 0 atom stereocenters. The van der Waals surface area contributed by atoms with Crippen molar-refractivity contribution in [1.29, 1.82) is 0 Å². The molecule has 2 N–H and O–H groups in total. The Bertz CT molecular complexity index is 768. The second-order valence-electron chi connectivity index (χ2n) is 5.10. The third-order valence-electron chi connectivity index (χ3n) is 3.27. The molecule has 0 aliphatic rings. The molecule has 3 aromatic rings. The Morgan fingerprint density at radius 1 is 0.864 bits per heavy atom. The van der Waals surface area contributed by atoms with Crippen molar-refractivity contribution in [2.24, 2.45) is 0 Å². The average molecular weight is 291 g/mol. The predicted molar refractivity (Wildman–Crippen MR) is 88.8 cm³/mol. The minimum Gasteiger partial charge on any atom is -0.339 e. The highest BCUT2D eigenvalue weighted by Gasteiger charge is 2.03. The number of hydrogen-bond donors (Lipinski definition) is 2. The second kappa shape index (κ2) is 6.22. The fraction of sp³-hybridized carbons (Fsp3) is 0.118. The first-order chi connectivity index (χ1) is 10.7. The molecule has 22 heavy (non-hydrogen) atoms. The van der Waals surface area contributed by atoms with Gasteiger partial charge < -0.3 is 10.6 Å². The maximum atomic E-state index is 4.43. The molecule has 0 radical (unpaired) electrons.